The second-order valence-corrected chi connectivity index (χ2v) is 12.3. The number of nitrogens with two attached hydrogens (primary N) is 3. The number of rotatable bonds is 6. The Labute approximate surface area is 268 Å². The van der Waals surface area contributed by atoms with E-state index in [1.54, 1.807) is 0 Å². The molecule has 1 atom stereocenters. The summed E-state index contributed by atoms with van der Waals surface area (Å²) in [4.78, 5) is 0. The molecule has 1 aliphatic heterocycles. The first kappa shape index (κ1) is 28.3. The van der Waals surface area contributed by atoms with Crippen molar-refractivity contribution in [2.75, 3.05) is 0 Å². The molecule has 0 fully saturated rings. The highest BCUT2D eigenvalue weighted by molar-refractivity contribution is 6.06. The quantitative estimate of drug-likeness (QED) is 0.173. The van der Waals surface area contributed by atoms with Crippen molar-refractivity contribution in [3.05, 3.63) is 172 Å². The number of hydrogen-bond donors (Lipinski definition) is 3. The van der Waals surface area contributed by atoms with E-state index in [0.717, 1.165) is 41.7 Å². The SMILES string of the molecule is NC(N)(N)Oc1ccc(C2(c3ccc(Cc4ccccc4)cc3)C=Cc3c(c4c(c5ccccc35)-c3ccccc3CC4)O2)cc1. The van der Waals surface area contributed by atoms with Gasteiger partial charge in [0.2, 0.25) is 0 Å². The summed E-state index contributed by atoms with van der Waals surface area (Å²) in [7, 11) is 0. The van der Waals surface area contributed by atoms with Crippen molar-refractivity contribution >= 4 is 16.8 Å². The van der Waals surface area contributed by atoms with Gasteiger partial charge in [0.1, 0.15) is 11.5 Å². The van der Waals surface area contributed by atoms with Gasteiger partial charge in [-0.25, -0.2) is 0 Å². The molecule has 46 heavy (non-hydrogen) atoms. The van der Waals surface area contributed by atoms with Gasteiger partial charge < -0.3 is 9.47 Å². The highest BCUT2D eigenvalue weighted by Gasteiger charge is 2.40. The zero-order chi connectivity index (χ0) is 31.3. The lowest BCUT2D eigenvalue weighted by Crippen LogP contribution is -2.62. The third kappa shape index (κ3) is 4.95. The Bertz CT molecular complexity index is 2100. The van der Waals surface area contributed by atoms with Gasteiger partial charge in [0.05, 0.1) is 0 Å². The molecule has 226 valence electrons. The Hall–Kier alpha value is -5.20. The molecular formula is C41H35N3O2. The molecule has 6 N–H and O–H groups in total. The van der Waals surface area contributed by atoms with E-state index in [9.17, 15) is 0 Å². The Morgan fingerprint density at radius 1 is 0.652 bits per heavy atom. The second-order valence-electron chi connectivity index (χ2n) is 12.3. The lowest BCUT2D eigenvalue weighted by atomic mass is 9.78. The minimum atomic E-state index is -1.77. The van der Waals surface area contributed by atoms with Crippen molar-refractivity contribution in [3.8, 4) is 22.6 Å². The molecule has 6 aromatic rings. The predicted octanol–water partition coefficient (Wildman–Crippen LogP) is 7.41. The number of ether oxygens (including phenoxy) is 2. The number of fused-ring (bicyclic) bond motifs is 8. The molecule has 6 aromatic carbocycles. The standard InChI is InChI=1S/C41H35N3O2/c42-41(43,44)45-32-21-19-31(20-22-32)40(30-17-14-28(15-18-30)26-27-8-2-1-3-9-27)25-24-36-34-12-6-7-13-35(34)38-33-11-5-4-10-29(33)16-23-37(38)39(36)46-40/h1-15,17-22,24-25H,16,23,26,42-44H2. The lowest BCUT2D eigenvalue weighted by molar-refractivity contribution is 0.0900. The number of aryl methyl sites for hydroxylation is 1. The van der Waals surface area contributed by atoms with Crippen LogP contribution < -0.4 is 26.7 Å². The molecule has 1 aliphatic carbocycles. The summed E-state index contributed by atoms with van der Waals surface area (Å²) in [6.07, 6.45) is 7.16. The molecule has 1 unspecified atom stereocenters. The Morgan fingerprint density at radius 2 is 1.28 bits per heavy atom. The summed E-state index contributed by atoms with van der Waals surface area (Å²) in [6, 6.07) is 44.4. The van der Waals surface area contributed by atoms with Gasteiger partial charge in [-0.3, -0.25) is 17.2 Å². The Balaban J connectivity index is 1.29. The summed E-state index contributed by atoms with van der Waals surface area (Å²) in [5.41, 5.74) is 27.1. The van der Waals surface area contributed by atoms with Crippen molar-refractivity contribution in [2.24, 2.45) is 17.2 Å². The van der Waals surface area contributed by atoms with E-state index in [1.807, 2.05) is 30.3 Å². The third-order valence-corrected chi connectivity index (χ3v) is 9.20. The molecule has 0 radical (unpaired) electrons. The van der Waals surface area contributed by atoms with Crippen LogP contribution in [0.5, 0.6) is 11.5 Å². The van der Waals surface area contributed by atoms with Crippen molar-refractivity contribution in [2.45, 2.75) is 30.8 Å². The van der Waals surface area contributed by atoms with E-state index in [4.69, 9.17) is 26.7 Å². The van der Waals surface area contributed by atoms with Gasteiger partial charge in [0.15, 0.2) is 5.60 Å². The molecule has 5 heteroatoms. The van der Waals surface area contributed by atoms with Crippen LogP contribution in [0.3, 0.4) is 0 Å². The summed E-state index contributed by atoms with van der Waals surface area (Å²) in [6.45, 7) is 0. The summed E-state index contributed by atoms with van der Waals surface area (Å²) in [5.74, 6) is -0.362. The molecule has 0 aromatic heterocycles. The molecule has 8 rings (SSSR count). The van der Waals surface area contributed by atoms with E-state index in [0.29, 0.717) is 5.75 Å². The first-order valence-corrected chi connectivity index (χ1v) is 15.7. The minimum absolute atomic E-state index is 0.477. The maximum absolute atomic E-state index is 7.41. The topological polar surface area (TPSA) is 96.5 Å². The van der Waals surface area contributed by atoms with Crippen LogP contribution in [0.1, 0.15) is 38.9 Å². The molecule has 1 heterocycles. The van der Waals surface area contributed by atoms with Crippen molar-refractivity contribution in [3.63, 3.8) is 0 Å². The molecule has 0 bridgehead atoms. The minimum Gasteiger partial charge on any atom is -0.473 e. The van der Waals surface area contributed by atoms with Gasteiger partial charge in [-0.15, -0.1) is 0 Å². The molecule has 0 saturated carbocycles. The molecule has 0 amide bonds. The molecular weight excluding hydrogens is 566 g/mol. The molecule has 0 saturated heterocycles. The first-order chi connectivity index (χ1) is 22.4. The first-order valence-electron chi connectivity index (χ1n) is 15.7. The normalized spacial score (nSPS) is 16.7. The van der Waals surface area contributed by atoms with Gasteiger partial charge in [0, 0.05) is 22.3 Å². The summed E-state index contributed by atoms with van der Waals surface area (Å²) < 4.78 is 13.0. The van der Waals surface area contributed by atoms with Crippen LogP contribution in [0.2, 0.25) is 0 Å². The molecule has 5 nitrogen and oxygen atoms in total. The van der Waals surface area contributed by atoms with Crippen LogP contribution in [0.4, 0.5) is 0 Å². The van der Waals surface area contributed by atoms with Gasteiger partial charge in [-0.2, -0.15) is 0 Å². The maximum atomic E-state index is 7.41. The smallest absolute Gasteiger partial charge is 0.271 e. The highest BCUT2D eigenvalue weighted by atomic mass is 16.5. The zero-order valence-electron chi connectivity index (χ0n) is 25.4. The maximum Gasteiger partial charge on any atom is 0.271 e. The zero-order valence-corrected chi connectivity index (χ0v) is 25.4. The molecule has 0 spiro atoms. The van der Waals surface area contributed by atoms with Crippen LogP contribution in [0.15, 0.2) is 133 Å². The van der Waals surface area contributed by atoms with Crippen LogP contribution in [-0.2, 0) is 24.9 Å². The fourth-order valence-electron chi connectivity index (χ4n) is 7.12. The van der Waals surface area contributed by atoms with E-state index in [1.165, 1.54) is 44.2 Å². The van der Waals surface area contributed by atoms with Crippen molar-refractivity contribution in [1.29, 1.82) is 0 Å². The van der Waals surface area contributed by atoms with Crippen LogP contribution in [0.25, 0.3) is 28.0 Å². The van der Waals surface area contributed by atoms with E-state index in [-0.39, 0.29) is 0 Å². The van der Waals surface area contributed by atoms with Crippen LogP contribution in [0, 0.1) is 0 Å². The fourth-order valence-corrected chi connectivity index (χ4v) is 7.12. The second kappa shape index (κ2) is 11.0. The van der Waals surface area contributed by atoms with E-state index in [2.05, 4.69) is 109 Å². The van der Waals surface area contributed by atoms with Crippen LogP contribution >= 0.6 is 0 Å². The van der Waals surface area contributed by atoms with Crippen molar-refractivity contribution < 1.29 is 9.47 Å². The van der Waals surface area contributed by atoms with Gasteiger partial charge >= 0.3 is 0 Å². The predicted molar refractivity (Wildman–Crippen MR) is 185 cm³/mol. The van der Waals surface area contributed by atoms with E-state index < -0.39 is 11.6 Å². The summed E-state index contributed by atoms with van der Waals surface area (Å²) >= 11 is 0. The average Bonchev–Trinajstić information content (AvgIpc) is 3.08. The van der Waals surface area contributed by atoms with Gasteiger partial charge in [-0.05, 0) is 82.1 Å². The lowest BCUT2D eigenvalue weighted by Gasteiger charge is -2.39. The third-order valence-electron chi connectivity index (χ3n) is 9.20. The van der Waals surface area contributed by atoms with Gasteiger partial charge in [0.25, 0.3) is 5.97 Å². The number of benzene rings is 6. The monoisotopic (exact) mass is 601 g/mol. The largest absolute Gasteiger partial charge is 0.473 e. The summed E-state index contributed by atoms with van der Waals surface area (Å²) in [5, 5.41) is 2.44. The Kier molecular flexibility index (Phi) is 6.76. The average molecular weight is 602 g/mol. The van der Waals surface area contributed by atoms with Crippen LogP contribution in [-0.4, -0.2) is 5.97 Å². The number of hydrogen-bond acceptors (Lipinski definition) is 5. The molecule has 2 aliphatic rings. The van der Waals surface area contributed by atoms with Crippen molar-refractivity contribution in [1.82, 2.24) is 0 Å². The van der Waals surface area contributed by atoms with Gasteiger partial charge in [-0.1, -0.05) is 115 Å². The highest BCUT2D eigenvalue weighted by Crippen LogP contribution is 2.51. The Morgan fingerprint density at radius 3 is 2.02 bits per heavy atom. The fraction of sp³-hybridized carbons (Fsp3) is 0.122. The van der Waals surface area contributed by atoms with E-state index >= 15 is 0 Å².